The molecule has 1 saturated heterocycles. The fraction of sp³-hybridized carbons (Fsp3) is 1.00. The van der Waals surface area contributed by atoms with Crippen LogP contribution in [0, 0.1) is 0 Å². The van der Waals surface area contributed by atoms with Crippen molar-refractivity contribution in [3.05, 3.63) is 0 Å². The first kappa shape index (κ1) is 16.9. The maximum Gasteiger partial charge on any atom is 0.0113 e. The average molecular weight is 270 g/mol. The molecule has 0 aromatic carbocycles. The van der Waals surface area contributed by atoms with Crippen LogP contribution < -0.4 is 5.32 Å². The van der Waals surface area contributed by atoms with Gasteiger partial charge >= 0.3 is 0 Å². The van der Waals surface area contributed by atoms with E-state index in [1.165, 1.54) is 39.0 Å². The third-order valence-electron chi connectivity index (χ3n) is 4.39. The highest BCUT2D eigenvalue weighted by Crippen LogP contribution is 2.13. The topological polar surface area (TPSA) is 21.8 Å². The predicted octanol–water partition coefficient (Wildman–Crippen LogP) is 0.944. The van der Waals surface area contributed by atoms with Gasteiger partial charge in [0.2, 0.25) is 0 Å². The van der Waals surface area contributed by atoms with Gasteiger partial charge in [-0.1, -0.05) is 13.8 Å². The van der Waals surface area contributed by atoms with Gasteiger partial charge in [-0.3, -0.25) is 0 Å². The van der Waals surface area contributed by atoms with Crippen LogP contribution >= 0.6 is 0 Å². The van der Waals surface area contributed by atoms with Crippen LogP contribution in [0.5, 0.6) is 0 Å². The molecule has 0 bridgehead atoms. The Morgan fingerprint density at radius 3 is 2.21 bits per heavy atom. The Balaban J connectivity index is 1.99. The minimum Gasteiger partial charge on any atom is -0.314 e. The summed E-state index contributed by atoms with van der Waals surface area (Å²) in [7, 11) is 4.41. The zero-order chi connectivity index (χ0) is 14.1. The van der Waals surface area contributed by atoms with Crippen LogP contribution in [0.4, 0.5) is 0 Å². The van der Waals surface area contributed by atoms with Crippen LogP contribution in [0.3, 0.4) is 0 Å². The van der Waals surface area contributed by atoms with Crippen LogP contribution in [0.1, 0.15) is 26.7 Å². The Hall–Kier alpha value is -0.160. The quantitative estimate of drug-likeness (QED) is 0.630. The first-order valence-corrected chi connectivity index (χ1v) is 7.99. The highest BCUT2D eigenvalue weighted by Gasteiger charge is 2.19. The van der Waals surface area contributed by atoms with Crippen molar-refractivity contribution >= 4 is 0 Å². The molecule has 114 valence electrons. The van der Waals surface area contributed by atoms with Gasteiger partial charge in [0, 0.05) is 32.2 Å². The van der Waals surface area contributed by atoms with E-state index in [0.29, 0.717) is 0 Å². The van der Waals surface area contributed by atoms with Crippen molar-refractivity contribution in [1.29, 1.82) is 0 Å². The van der Waals surface area contributed by atoms with Crippen LogP contribution in [0.15, 0.2) is 0 Å². The monoisotopic (exact) mass is 270 g/mol. The lowest BCUT2D eigenvalue weighted by Crippen LogP contribution is -2.44. The summed E-state index contributed by atoms with van der Waals surface area (Å²) in [6.45, 7) is 14.0. The van der Waals surface area contributed by atoms with Gasteiger partial charge in [-0.2, -0.15) is 0 Å². The number of nitrogens with one attached hydrogen (secondary N) is 1. The summed E-state index contributed by atoms with van der Waals surface area (Å²) < 4.78 is 0. The molecule has 1 fully saturated rings. The molecule has 4 nitrogen and oxygen atoms in total. The Morgan fingerprint density at radius 2 is 1.68 bits per heavy atom. The number of likely N-dealkylation sites (tertiary alicyclic amines) is 1. The van der Waals surface area contributed by atoms with E-state index in [-0.39, 0.29) is 0 Å². The number of hydrogen-bond donors (Lipinski definition) is 1. The fourth-order valence-corrected chi connectivity index (χ4v) is 2.80. The van der Waals surface area contributed by atoms with Gasteiger partial charge in [0.1, 0.15) is 0 Å². The van der Waals surface area contributed by atoms with Crippen LogP contribution in [-0.4, -0.2) is 87.2 Å². The molecule has 4 heteroatoms. The summed E-state index contributed by atoms with van der Waals surface area (Å²) in [4.78, 5) is 7.44. The van der Waals surface area contributed by atoms with E-state index >= 15 is 0 Å². The molecule has 0 aromatic heterocycles. The molecule has 0 radical (unpaired) electrons. The summed E-state index contributed by atoms with van der Waals surface area (Å²) in [5.41, 5.74) is 0. The van der Waals surface area contributed by atoms with Gasteiger partial charge in [-0.15, -0.1) is 0 Å². The van der Waals surface area contributed by atoms with Crippen LogP contribution in [0.2, 0.25) is 0 Å². The second kappa shape index (κ2) is 9.70. The SMILES string of the molecule is CCN(CC)CCNCCN1CCC(N(C)C)CC1. The lowest BCUT2D eigenvalue weighted by atomic mass is 10.0. The van der Waals surface area contributed by atoms with Crippen molar-refractivity contribution in [3.8, 4) is 0 Å². The number of rotatable bonds is 9. The van der Waals surface area contributed by atoms with Gasteiger partial charge < -0.3 is 20.0 Å². The first-order valence-electron chi connectivity index (χ1n) is 7.99. The molecule has 0 saturated carbocycles. The van der Waals surface area contributed by atoms with Crippen LogP contribution in [-0.2, 0) is 0 Å². The third kappa shape index (κ3) is 6.70. The molecule has 19 heavy (non-hydrogen) atoms. The second-order valence-corrected chi connectivity index (χ2v) is 5.81. The first-order chi connectivity index (χ1) is 9.17. The smallest absolute Gasteiger partial charge is 0.0113 e. The molecular weight excluding hydrogens is 236 g/mol. The van der Waals surface area contributed by atoms with Gasteiger partial charge in [-0.05, 0) is 53.1 Å². The van der Waals surface area contributed by atoms with E-state index in [4.69, 9.17) is 0 Å². The minimum atomic E-state index is 0.798. The lowest BCUT2D eigenvalue weighted by molar-refractivity contribution is 0.145. The second-order valence-electron chi connectivity index (χ2n) is 5.81. The van der Waals surface area contributed by atoms with Crippen LogP contribution in [0.25, 0.3) is 0 Å². The normalized spacial score (nSPS) is 18.6. The molecule has 1 aliphatic heterocycles. The Kier molecular flexibility index (Phi) is 8.62. The molecule has 0 spiro atoms. The molecule has 0 aromatic rings. The molecule has 1 rings (SSSR count). The number of hydrogen-bond acceptors (Lipinski definition) is 4. The zero-order valence-electron chi connectivity index (χ0n) is 13.5. The largest absolute Gasteiger partial charge is 0.314 e. The predicted molar refractivity (Wildman–Crippen MR) is 83.8 cm³/mol. The van der Waals surface area contributed by atoms with E-state index in [1.807, 2.05) is 0 Å². The number of nitrogens with zero attached hydrogens (tertiary/aromatic N) is 3. The lowest BCUT2D eigenvalue weighted by Gasteiger charge is -2.35. The van der Waals surface area contributed by atoms with Crippen molar-refractivity contribution < 1.29 is 0 Å². The van der Waals surface area contributed by atoms with Gasteiger partial charge in [0.15, 0.2) is 0 Å². The number of likely N-dealkylation sites (N-methyl/N-ethyl adjacent to an activating group) is 1. The zero-order valence-corrected chi connectivity index (χ0v) is 13.5. The van der Waals surface area contributed by atoms with Crippen molar-refractivity contribution in [2.24, 2.45) is 0 Å². The summed E-state index contributed by atoms with van der Waals surface area (Å²) >= 11 is 0. The summed E-state index contributed by atoms with van der Waals surface area (Å²) in [5.74, 6) is 0. The fourth-order valence-electron chi connectivity index (χ4n) is 2.80. The highest BCUT2D eigenvalue weighted by molar-refractivity contribution is 4.77. The maximum absolute atomic E-state index is 3.57. The maximum atomic E-state index is 3.57. The minimum absolute atomic E-state index is 0.798. The van der Waals surface area contributed by atoms with Gasteiger partial charge in [0.05, 0.1) is 0 Å². The Morgan fingerprint density at radius 1 is 1.05 bits per heavy atom. The highest BCUT2D eigenvalue weighted by atomic mass is 15.2. The molecule has 0 atom stereocenters. The van der Waals surface area contributed by atoms with E-state index in [9.17, 15) is 0 Å². The molecule has 0 aliphatic carbocycles. The van der Waals surface area contributed by atoms with E-state index in [0.717, 1.165) is 32.2 Å². The summed E-state index contributed by atoms with van der Waals surface area (Å²) in [5, 5.41) is 3.57. The summed E-state index contributed by atoms with van der Waals surface area (Å²) in [6, 6.07) is 0.798. The molecule has 1 heterocycles. The third-order valence-corrected chi connectivity index (χ3v) is 4.39. The summed E-state index contributed by atoms with van der Waals surface area (Å²) in [6.07, 6.45) is 2.65. The molecule has 1 N–H and O–H groups in total. The molecule has 0 unspecified atom stereocenters. The van der Waals surface area contributed by atoms with E-state index in [2.05, 4.69) is 48.0 Å². The Bertz CT molecular complexity index is 208. The van der Waals surface area contributed by atoms with E-state index < -0.39 is 0 Å². The average Bonchev–Trinajstić information content (AvgIpc) is 2.43. The van der Waals surface area contributed by atoms with Crippen molar-refractivity contribution in [2.75, 3.05) is 66.5 Å². The van der Waals surface area contributed by atoms with Gasteiger partial charge in [0.25, 0.3) is 0 Å². The molecular formula is C15H34N4. The Labute approximate surface area is 120 Å². The van der Waals surface area contributed by atoms with Crippen molar-refractivity contribution in [1.82, 2.24) is 20.0 Å². The van der Waals surface area contributed by atoms with E-state index in [1.54, 1.807) is 0 Å². The number of piperidine rings is 1. The molecule has 1 aliphatic rings. The van der Waals surface area contributed by atoms with Gasteiger partial charge in [-0.25, -0.2) is 0 Å². The molecule has 0 amide bonds. The van der Waals surface area contributed by atoms with Crippen molar-refractivity contribution in [3.63, 3.8) is 0 Å². The standard InChI is InChI=1S/C15H34N4/c1-5-18(6-2)13-9-16-10-14-19-11-7-15(8-12-19)17(3)4/h15-16H,5-14H2,1-4H3. The van der Waals surface area contributed by atoms with Crippen molar-refractivity contribution in [2.45, 2.75) is 32.7 Å².